The summed E-state index contributed by atoms with van der Waals surface area (Å²) in [6.45, 7) is 1.80. The molecule has 4 nitrogen and oxygen atoms in total. The number of aromatic nitrogens is 2. The lowest BCUT2D eigenvalue weighted by Crippen LogP contribution is -2.00. The van der Waals surface area contributed by atoms with E-state index in [2.05, 4.69) is 10.1 Å². The maximum Gasteiger partial charge on any atom is 0.234 e. The van der Waals surface area contributed by atoms with Gasteiger partial charge in [0.15, 0.2) is 0 Å². The maximum atomic E-state index is 11.2. The van der Waals surface area contributed by atoms with Gasteiger partial charge in [-0.25, -0.2) is 0 Å². The monoisotopic (exact) mass is 250 g/mol. The Morgan fingerprint density at radius 1 is 1.35 bits per heavy atom. The molecule has 1 aromatic carbocycles. The third-order valence-corrected chi connectivity index (χ3v) is 2.57. The number of hydrogen-bond acceptors (Lipinski definition) is 4. The van der Waals surface area contributed by atoms with Crippen LogP contribution in [0.25, 0.3) is 11.4 Å². The number of Topliss-reactive ketones (excluding diaryl/α,β-unsaturated/α-hetero) is 1. The molecule has 0 unspecified atom stereocenters. The fourth-order valence-electron chi connectivity index (χ4n) is 1.34. The highest BCUT2D eigenvalue weighted by atomic mass is 35.5. The molecule has 2 aromatic rings. The van der Waals surface area contributed by atoms with Gasteiger partial charge in [0.2, 0.25) is 11.7 Å². The van der Waals surface area contributed by atoms with Gasteiger partial charge in [0, 0.05) is 17.0 Å². The first kappa shape index (κ1) is 11.8. The van der Waals surface area contributed by atoms with E-state index in [1.54, 1.807) is 31.2 Å². The van der Waals surface area contributed by atoms with Crippen LogP contribution >= 0.6 is 11.6 Å². The molecule has 0 spiro atoms. The van der Waals surface area contributed by atoms with Crippen molar-refractivity contribution >= 4 is 17.4 Å². The highest BCUT2D eigenvalue weighted by molar-refractivity contribution is 6.30. The highest BCUT2D eigenvalue weighted by Gasteiger charge is 2.11. The Balaban J connectivity index is 2.18. The number of rotatable bonds is 4. The number of ketones is 1. The van der Waals surface area contributed by atoms with Crippen LogP contribution in [0, 0.1) is 0 Å². The fraction of sp³-hybridized carbons (Fsp3) is 0.250. The Kier molecular flexibility index (Phi) is 3.54. The first-order valence-corrected chi connectivity index (χ1v) is 5.67. The first-order valence-electron chi connectivity index (χ1n) is 5.29. The number of nitrogens with zero attached hydrogens (tertiary/aromatic N) is 2. The van der Waals surface area contributed by atoms with Crippen LogP contribution in [0.5, 0.6) is 0 Å². The first-order chi connectivity index (χ1) is 8.19. The Bertz CT molecular complexity index is 520. The van der Waals surface area contributed by atoms with E-state index >= 15 is 0 Å². The molecule has 0 fully saturated rings. The van der Waals surface area contributed by atoms with Gasteiger partial charge in [0.05, 0.1) is 6.42 Å². The van der Waals surface area contributed by atoms with Crippen LogP contribution in [0.4, 0.5) is 0 Å². The Morgan fingerprint density at radius 3 is 2.71 bits per heavy atom. The van der Waals surface area contributed by atoms with Crippen LogP contribution in [-0.4, -0.2) is 15.9 Å². The van der Waals surface area contributed by atoms with Gasteiger partial charge in [0.25, 0.3) is 0 Å². The van der Waals surface area contributed by atoms with E-state index in [0.29, 0.717) is 23.2 Å². The van der Waals surface area contributed by atoms with Gasteiger partial charge < -0.3 is 4.52 Å². The van der Waals surface area contributed by atoms with Gasteiger partial charge in [-0.1, -0.05) is 23.7 Å². The van der Waals surface area contributed by atoms with E-state index < -0.39 is 0 Å². The van der Waals surface area contributed by atoms with Gasteiger partial charge in [-0.15, -0.1) is 0 Å². The zero-order chi connectivity index (χ0) is 12.3. The van der Waals surface area contributed by atoms with Crippen molar-refractivity contribution in [3.05, 3.63) is 35.2 Å². The van der Waals surface area contributed by atoms with Crippen molar-refractivity contribution in [3.63, 3.8) is 0 Å². The zero-order valence-electron chi connectivity index (χ0n) is 9.31. The lowest BCUT2D eigenvalue weighted by molar-refractivity contribution is -0.118. The van der Waals surface area contributed by atoms with E-state index in [1.165, 1.54) is 0 Å². The summed E-state index contributed by atoms with van der Waals surface area (Å²) in [4.78, 5) is 15.4. The Labute approximate surface area is 104 Å². The minimum Gasteiger partial charge on any atom is -0.339 e. The van der Waals surface area contributed by atoms with Crippen LogP contribution in [-0.2, 0) is 11.2 Å². The Morgan fingerprint density at radius 2 is 2.06 bits per heavy atom. The molecule has 2 rings (SSSR count). The summed E-state index contributed by atoms with van der Waals surface area (Å²) in [7, 11) is 0. The molecular formula is C12H11ClN2O2. The van der Waals surface area contributed by atoms with Gasteiger partial charge >= 0.3 is 0 Å². The van der Waals surface area contributed by atoms with Crippen LogP contribution in [0.15, 0.2) is 28.8 Å². The third-order valence-electron chi connectivity index (χ3n) is 2.31. The van der Waals surface area contributed by atoms with Crippen LogP contribution < -0.4 is 0 Å². The molecular weight excluding hydrogens is 240 g/mol. The number of carbonyl (C=O) groups is 1. The topological polar surface area (TPSA) is 56.0 Å². The van der Waals surface area contributed by atoms with Crippen molar-refractivity contribution < 1.29 is 9.32 Å². The molecule has 0 atom stereocenters. The summed E-state index contributed by atoms with van der Waals surface area (Å²) in [5, 5.41) is 4.47. The second-order valence-corrected chi connectivity index (χ2v) is 4.02. The summed E-state index contributed by atoms with van der Waals surface area (Å²) in [5.41, 5.74) is 0.813. The van der Waals surface area contributed by atoms with Crippen molar-refractivity contribution in [1.82, 2.24) is 10.1 Å². The summed E-state index contributed by atoms with van der Waals surface area (Å²) >= 11 is 5.78. The second kappa shape index (κ2) is 5.10. The molecule has 0 amide bonds. The molecule has 0 N–H and O–H groups in total. The van der Waals surface area contributed by atoms with Crippen LogP contribution in [0.2, 0.25) is 5.02 Å². The van der Waals surface area contributed by atoms with Crippen molar-refractivity contribution in [2.24, 2.45) is 0 Å². The standard InChI is InChI=1S/C12H11ClN2O2/c1-2-10(16)7-11-14-12(15-17-11)8-3-5-9(13)6-4-8/h3-6H,2,7H2,1H3. The quantitative estimate of drug-likeness (QED) is 0.837. The van der Waals surface area contributed by atoms with Gasteiger partial charge in [-0.05, 0) is 24.3 Å². The van der Waals surface area contributed by atoms with Gasteiger partial charge in [0.1, 0.15) is 5.78 Å². The smallest absolute Gasteiger partial charge is 0.234 e. The van der Waals surface area contributed by atoms with E-state index in [1.807, 2.05) is 0 Å². The predicted octanol–water partition coefficient (Wildman–Crippen LogP) is 2.91. The molecule has 0 bridgehead atoms. The number of carbonyl (C=O) groups excluding carboxylic acids is 1. The lowest BCUT2D eigenvalue weighted by Gasteiger charge is -1.93. The van der Waals surface area contributed by atoms with Crippen molar-refractivity contribution in [1.29, 1.82) is 0 Å². The average molecular weight is 251 g/mol. The van der Waals surface area contributed by atoms with E-state index in [9.17, 15) is 4.79 Å². The predicted molar refractivity (Wildman–Crippen MR) is 63.7 cm³/mol. The molecule has 88 valence electrons. The third kappa shape index (κ3) is 2.91. The minimum atomic E-state index is 0.0799. The molecule has 0 aliphatic heterocycles. The highest BCUT2D eigenvalue weighted by Crippen LogP contribution is 2.18. The summed E-state index contributed by atoms with van der Waals surface area (Å²) in [6, 6.07) is 7.12. The van der Waals surface area contributed by atoms with Crippen molar-refractivity contribution in [3.8, 4) is 11.4 Å². The molecule has 0 aliphatic rings. The average Bonchev–Trinajstić information content (AvgIpc) is 2.78. The van der Waals surface area contributed by atoms with Gasteiger partial charge in [-0.3, -0.25) is 4.79 Å². The lowest BCUT2D eigenvalue weighted by atomic mass is 10.2. The van der Waals surface area contributed by atoms with E-state index in [-0.39, 0.29) is 12.2 Å². The molecule has 1 aromatic heterocycles. The van der Waals surface area contributed by atoms with Crippen LogP contribution in [0.3, 0.4) is 0 Å². The second-order valence-electron chi connectivity index (χ2n) is 3.59. The minimum absolute atomic E-state index is 0.0799. The zero-order valence-corrected chi connectivity index (χ0v) is 10.1. The molecule has 1 heterocycles. The molecule has 5 heteroatoms. The largest absolute Gasteiger partial charge is 0.339 e. The normalized spacial score (nSPS) is 10.5. The molecule has 17 heavy (non-hydrogen) atoms. The summed E-state index contributed by atoms with van der Waals surface area (Å²) < 4.78 is 5.01. The SMILES string of the molecule is CCC(=O)Cc1nc(-c2ccc(Cl)cc2)no1. The summed E-state index contributed by atoms with van der Waals surface area (Å²) in [5.74, 6) is 0.902. The summed E-state index contributed by atoms with van der Waals surface area (Å²) in [6.07, 6.45) is 0.662. The van der Waals surface area contributed by atoms with Gasteiger partial charge in [-0.2, -0.15) is 4.98 Å². The number of halogens is 1. The fourth-order valence-corrected chi connectivity index (χ4v) is 1.46. The van der Waals surface area contributed by atoms with Crippen LogP contribution in [0.1, 0.15) is 19.2 Å². The molecule has 0 saturated carbocycles. The molecule has 0 saturated heterocycles. The van der Waals surface area contributed by atoms with Crippen molar-refractivity contribution in [2.75, 3.05) is 0 Å². The van der Waals surface area contributed by atoms with E-state index in [4.69, 9.17) is 16.1 Å². The molecule has 0 aliphatic carbocycles. The van der Waals surface area contributed by atoms with Crippen molar-refractivity contribution in [2.45, 2.75) is 19.8 Å². The number of hydrogen-bond donors (Lipinski definition) is 0. The maximum absolute atomic E-state index is 11.2. The van der Waals surface area contributed by atoms with E-state index in [0.717, 1.165) is 5.56 Å². The Hall–Kier alpha value is -1.68. The number of benzene rings is 1. The molecule has 0 radical (unpaired) electrons.